The predicted molar refractivity (Wildman–Crippen MR) is 127 cm³/mol. The highest BCUT2D eigenvalue weighted by Crippen LogP contribution is 2.50. The summed E-state index contributed by atoms with van der Waals surface area (Å²) in [5.74, 6) is 1.72. The van der Waals surface area contributed by atoms with Crippen molar-refractivity contribution >= 4 is 17.4 Å². The minimum Gasteiger partial charge on any atom is -0.497 e. The van der Waals surface area contributed by atoms with Gasteiger partial charge in [0.1, 0.15) is 17.2 Å². The zero-order valence-electron chi connectivity index (χ0n) is 19.9. The lowest BCUT2D eigenvalue weighted by Crippen LogP contribution is -2.43. The fraction of sp³-hybridized carbons (Fsp3) is 0.407. The second-order valence-electron chi connectivity index (χ2n) is 9.32. The standard InChI is InChI=1S/C27H31NO5/c1-6-33-18-9-7-17(8-10-18)28-22-15-27(2,3)16-23(29)26(22)21(14-25(28)30)20-13-19(31-4)11-12-24(20)32-5/h7-13,21H,6,14-16H2,1-5H3. The first-order valence-corrected chi connectivity index (χ1v) is 11.3. The summed E-state index contributed by atoms with van der Waals surface area (Å²) in [4.78, 5) is 28.8. The van der Waals surface area contributed by atoms with Crippen molar-refractivity contribution in [2.75, 3.05) is 25.7 Å². The molecule has 6 heteroatoms. The van der Waals surface area contributed by atoms with E-state index in [4.69, 9.17) is 14.2 Å². The van der Waals surface area contributed by atoms with Gasteiger partial charge in [-0.15, -0.1) is 0 Å². The molecule has 1 heterocycles. The third-order valence-corrected chi connectivity index (χ3v) is 6.36. The molecule has 2 aromatic rings. The largest absolute Gasteiger partial charge is 0.497 e. The molecule has 1 aliphatic carbocycles. The average molecular weight is 450 g/mol. The molecule has 0 saturated carbocycles. The number of benzene rings is 2. The SMILES string of the molecule is CCOc1ccc(N2C(=O)CC(c3cc(OC)ccc3OC)C3=C2CC(C)(C)CC3=O)cc1. The number of hydrogen-bond acceptors (Lipinski definition) is 5. The number of anilines is 1. The van der Waals surface area contributed by atoms with Gasteiger partial charge < -0.3 is 14.2 Å². The normalized spacial score (nSPS) is 19.9. The first-order valence-electron chi connectivity index (χ1n) is 11.3. The van der Waals surface area contributed by atoms with Gasteiger partial charge in [0.2, 0.25) is 5.91 Å². The van der Waals surface area contributed by atoms with Crippen LogP contribution in [0.3, 0.4) is 0 Å². The Bertz CT molecular complexity index is 1100. The van der Waals surface area contributed by atoms with Gasteiger partial charge in [0.05, 0.1) is 20.8 Å². The maximum Gasteiger partial charge on any atom is 0.232 e. The van der Waals surface area contributed by atoms with Crippen molar-refractivity contribution in [2.45, 2.75) is 46.0 Å². The molecule has 33 heavy (non-hydrogen) atoms. The minimum atomic E-state index is -0.375. The number of carbonyl (C=O) groups is 2. The molecule has 1 atom stereocenters. The van der Waals surface area contributed by atoms with Gasteiger partial charge >= 0.3 is 0 Å². The van der Waals surface area contributed by atoms with E-state index >= 15 is 0 Å². The lowest BCUT2D eigenvalue weighted by molar-refractivity contribution is -0.121. The van der Waals surface area contributed by atoms with E-state index < -0.39 is 0 Å². The van der Waals surface area contributed by atoms with E-state index in [9.17, 15) is 9.59 Å². The van der Waals surface area contributed by atoms with E-state index in [-0.39, 0.29) is 29.4 Å². The van der Waals surface area contributed by atoms with Crippen molar-refractivity contribution in [3.8, 4) is 17.2 Å². The molecule has 2 aliphatic rings. The molecular formula is C27H31NO5. The van der Waals surface area contributed by atoms with Gasteiger partial charge in [0.15, 0.2) is 5.78 Å². The van der Waals surface area contributed by atoms with Crippen molar-refractivity contribution in [1.29, 1.82) is 0 Å². The number of hydrogen-bond donors (Lipinski definition) is 0. The van der Waals surface area contributed by atoms with Crippen molar-refractivity contribution in [1.82, 2.24) is 0 Å². The van der Waals surface area contributed by atoms with Crippen LogP contribution >= 0.6 is 0 Å². The van der Waals surface area contributed by atoms with Gasteiger partial charge in [-0.2, -0.15) is 0 Å². The Kier molecular flexibility index (Phi) is 6.19. The number of amides is 1. The van der Waals surface area contributed by atoms with Gasteiger partial charge in [-0.05, 0) is 61.2 Å². The summed E-state index contributed by atoms with van der Waals surface area (Å²) in [6, 6.07) is 13.0. The Hall–Kier alpha value is -3.28. The molecule has 1 amide bonds. The maximum absolute atomic E-state index is 13.6. The highest BCUT2D eigenvalue weighted by Gasteiger charge is 2.45. The number of ketones is 1. The molecule has 174 valence electrons. The van der Waals surface area contributed by atoms with E-state index in [0.717, 1.165) is 22.7 Å². The topological polar surface area (TPSA) is 65.1 Å². The minimum absolute atomic E-state index is 0.0433. The van der Waals surface area contributed by atoms with Crippen LogP contribution < -0.4 is 19.1 Å². The van der Waals surface area contributed by atoms with Crippen LogP contribution in [0.15, 0.2) is 53.7 Å². The van der Waals surface area contributed by atoms with Crippen molar-refractivity contribution in [3.05, 3.63) is 59.3 Å². The smallest absolute Gasteiger partial charge is 0.232 e. The van der Waals surface area contributed by atoms with E-state index in [1.807, 2.05) is 49.4 Å². The van der Waals surface area contributed by atoms with Crippen LogP contribution in [0.1, 0.15) is 51.5 Å². The zero-order chi connectivity index (χ0) is 23.8. The highest BCUT2D eigenvalue weighted by molar-refractivity contribution is 6.08. The third-order valence-electron chi connectivity index (χ3n) is 6.36. The summed E-state index contributed by atoms with van der Waals surface area (Å²) in [6.45, 7) is 6.66. The first kappa shape index (κ1) is 22.9. The lowest BCUT2D eigenvalue weighted by atomic mass is 9.69. The number of rotatable bonds is 6. The van der Waals surface area contributed by atoms with E-state index in [1.54, 1.807) is 19.1 Å². The van der Waals surface area contributed by atoms with Crippen molar-refractivity contribution < 1.29 is 23.8 Å². The Balaban J connectivity index is 1.87. The second-order valence-corrected chi connectivity index (χ2v) is 9.32. The summed E-state index contributed by atoms with van der Waals surface area (Å²) in [6.07, 6.45) is 1.26. The summed E-state index contributed by atoms with van der Waals surface area (Å²) >= 11 is 0. The first-order chi connectivity index (χ1) is 15.8. The average Bonchev–Trinajstić information content (AvgIpc) is 2.78. The molecule has 0 fully saturated rings. The fourth-order valence-corrected chi connectivity index (χ4v) is 4.95. The number of allylic oxidation sites excluding steroid dienone is 2. The number of methoxy groups -OCH3 is 2. The number of ether oxygens (including phenoxy) is 3. The van der Waals surface area contributed by atoms with Gasteiger partial charge in [-0.3, -0.25) is 14.5 Å². The summed E-state index contributed by atoms with van der Waals surface area (Å²) in [5, 5.41) is 0. The highest BCUT2D eigenvalue weighted by atomic mass is 16.5. The lowest BCUT2D eigenvalue weighted by Gasteiger charge is -2.43. The molecule has 0 aromatic heterocycles. The molecule has 0 bridgehead atoms. The summed E-state index contributed by atoms with van der Waals surface area (Å²) < 4.78 is 16.6. The second kappa shape index (κ2) is 8.93. The fourth-order valence-electron chi connectivity index (χ4n) is 4.95. The van der Waals surface area contributed by atoms with Crippen LogP contribution in [-0.4, -0.2) is 32.5 Å². The quantitative estimate of drug-likeness (QED) is 0.601. The van der Waals surface area contributed by atoms with Gasteiger partial charge in [0, 0.05) is 41.3 Å². The van der Waals surface area contributed by atoms with Crippen molar-refractivity contribution in [2.24, 2.45) is 5.41 Å². The van der Waals surface area contributed by atoms with Gasteiger partial charge in [-0.1, -0.05) is 13.8 Å². The molecule has 6 nitrogen and oxygen atoms in total. The van der Waals surface area contributed by atoms with Gasteiger partial charge in [-0.25, -0.2) is 0 Å². The zero-order valence-corrected chi connectivity index (χ0v) is 19.9. The van der Waals surface area contributed by atoms with E-state index in [0.29, 0.717) is 36.5 Å². The molecule has 0 saturated heterocycles. The molecule has 0 spiro atoms. The van der Waals surface area contributed by atoms with Gasteiger partial charge in [0.25, 0.3) is 0 Å². The molecule has 0 N–H and O–H groups in total. The van der Waals surface area contributed by atoms with Crippen LogP contribution in [0, 0.1) is 5.41 Å². The Morgan fingerprint density at radius 3 is 2.30 bits per heavy atom. The van der Waals surface area contributed by atoms with Crippen LogP contribution in [0.25, 0.3) is 0 Å². The molecule has 1 aliphatic heterocycles. The molecule has 4 rings (SSSR count). The van der Waals surface area contributed by atoms with Crippen molar-refractivity contribution in [3.63, 3.8) is 0 Å². The summed E-state index contributed by atoms with van der Waals surface area (Å²) in [7, 11) is 3.20. The van der Waals surface area contributed by atoms with Crippen LogP contribution in [0.4, 0.5) is 5.69 Å². The molecular weight excluding hydrogens is 418 g/mol. The molecule has 2 aromatic carbocycles. The predicted octanol–water partition coefficient (Wildman–Crippen LogP) is 5.27. The van der Waals surface area contributed by atoms with Crippen LogP contribution in [-0.2, 0) is 9.59 Å². The Morgan fingerprint density at radius 1 is 0.970 bits per heavy atom. The summed E-state index contributed by atoms with van der Waals surface area (Å²) in [5.41, 5.74) is 2.80. The monoisotopic (exact) mass is 449 g/mol. The van der Waals surface area contributed by atoms with Crippen LogP contribution in [0.2, 0.25) is 0 Å². The molecule has 0 radical (unpaired) electrons. The number of Topliss-reactive ketones (excluding diaryl/α,β-unsaturated/α-hetero) is 1. The molecule has 1 unspecified atom stereocenters. The van der Waals surface area contributed by atoms with E-state index in [2.05, 4.69) is 13.8 Å². The number of nitrogens with zero attached hydrogens (tertiary/aromatic N) is 1. The Labute approximate surface area is 195 Å². The number of carbonyl (C=O) groups excluding carboxylic acids is 2. The Morgan fingerprint density at radius 2 is 1.67 bits per heavy atom. The maximum atomic E-state index is 13.6. The van der Waals surface area contributed by atoms with E-state index in [1.165, 1.54) is 0 Å². The third kappa shape index (κ3) is 4.34. The van der Waals surface area contributed by atoms with Crippen LogP contribution in [0.5, 0.6) is 17.2 Å².